The number of ether oxygens (including phenoxy) is 1. The molecule has 0 atom stereocenters. The highest BCUT2D eigenvalue weighted by atomic mass is 16.5. The standard InChI is InChI=1S/C17H26N4O2/c1-23-17(22)15-4-2-5-16(19-15)21-11-3-10-20(12-13-21)14-6-8-18-9-7-14/h2,4-5,14,18H,3,6-13H2,1H3. The summed E-state index contributed by atoms with van der Waals surface area (Å²) in [6, 6.07) is 6.27. The minimum absolute atomic E-state index is 0.377. The molecule has 3 heterocycles. The normalized spacial score (nSPS) is 21.0. The number of rotatable bonds is 3. The Bertz CT molecular complexity index is 531. The highest BCUT2D eigenvalue weighted by molar-refractivity contribution is 5.87. The van der Waals surface area contributed by atoms with Gasteiger partial charge in [-0.25, -0.2) is 9.78 Å². The molecule has 0 unspecified atom stereocenters. The highest BCUT2D eigenvalue weighted by Gasteiger charge is 2.24. The van der Waals surface area contributed by atoms with Gasteiger partial charge in [0.05, 0.1) is 7.11 Å². The van der Waals surface area contributed by atoms with Crippen LogP contribution in [0, 0.1) is 0 Å². The monoisotopic (exact) mass is 318 g/mol. The molecule has 6 heteroatoms. The molecule has 0 saturated carbocycles. The second kappa shape index (κ2) is 7.75. The summed E-state index contributed by atoms with van der Waals surface area (Å²) < 4.78 is 4.77. The van der Waals surface area contributed by atoms with Crippen molar-refractivity contribution in [3.63, 3.8) is 0 Å². The molecule has 126 valence electrons. The lowest BCUT2D eigenvalue weighted by Gasteiger charge is -2.33. The number of piperidine rings is 1. The van der Waals surface area contributed by atoms with Crippen molar-refractivity contribution >= 4 is 11.8 Å². The number of nitrogens with zero attached hydrogens (tertiary/aromatic N) is 3. The summed E-state index contributed by atoms with van der Waals surface area (Å²) >= 11 is 0. The fraction of sp³-hybridized carbons (Fsp3) is 0.647. The molecule has 0 radical (unpaired) electrons. The van der Waals surface area contributed by atoms with Crippen molar-refractivity contribution < 1.29 is 9.53 Å². The van der Waals surface area contributed by atoms with Crippen LogP contribution in [-0.4, -0.2) is 68.3 Å². The second-order valence-electron chi connectivity index (χ2n) is 6.23. The topological polar surface area (TPSA) is 57.7 Å². The minimum atomic E-state index is -0.377. The van der Waals surface area contributed by atoms with E-state index >= 15 is 0 Å². The van der Waals surface area contributed by atoms with Gasteiger partial charge in [-0.05, 0) is 44.5 Å². The Balaban J connectivity index is 1.64. The Hall–Kier alpha value is -1.66. The third-order valence-corrected chi connectivity index (χ3v) is 4.81. The first-order valence-corrected chi connectivity index (χ1v) is 8.53. The van der Waals surface area contributed by atoms with E-state index < -0.39 is 0 Å². The van der Waals surface area contributed by atoms with E-state index in [1.165, 1.54) is 20.0 Å². The molecule has 0 bridgehead atoms. The molecule has 1 N–H and O–H groups in total. The van der Waals surface area contributed by atoms with Gasteiger partial charge < -0.3 is 15.0 Å². The van der Waals surface area contributed by atoms with E-state index in [-0.39, 0.29) is 5.97 Å². The molecule has 2 fully saturated rings. The third-order valence-electron chi connectivity index (χ3n) is 4.81. The molecule has 1 aromatic heterocycles. The van der Waals surface area contributed by atoms with E-state index in [0.29, 0.717) is 11.7 Å². The van der Waals surface area contributed by atoms with Crippen molar-refractivity contribution in [2.75, 3.05) is 51.3 Å². The fourth-order valence-corrected chi connectivity index (χ4v) is 3.52. The van der Waals surface area contributed by atoms with E-state index in [0.717, 1.165) is 51.5 Å². The van der Waals surface area contributed by atoms with Crippen LogP contribution in [0.5, 0.6) is 0 Å². The number of carbonyl (C=O) groups excluding carboxylic acids is 1. The Morgan fingerprint density at radius 2 is 2.04 bits per heavy atom. The van der Waals surface area contributed by atoms with Crippen LogP contribution in [0.1, 0.15) is 29.8 Å². The fourth-order valence-electron chi connectivity index (χ4n) is 3.52. The Labute approximate surface area is 137 Å². The lowest BCUT2D eigenvalue weighted by molar-refractivity contribution is 0.0594. The van der Waals surface area contributed by atoms with E-state index in [1.54, 1.807) is 6.07 Å². The van der Waals surface area contributed by atoms with Crippen molar-refractivity contribution in [3.8, 4) is 0 Å². The summed E-state index contributed by atoms with van der Waals surface area (Å²) in [5.74, 6) is 0.498. The lowest BCUT2D eigenvalue weighted by Crippen LogP contribution is -2.44. The van der Waals surface area contributed by atoms with Crippen LogP contribution < -0.4 is 10.2 Å². The number of hydrogen-bond donors (Lipinski definition) is 1. The van der Waals surface area contributed by atoms with E-state index in [1.807, 2.05) is 12.1 Å². The lowest BCUT2D eigenvalue weighted by atomic mass is 10.0. The number of anilines is 1. The summed E-state index contributed by atoms with van der Waals surface area (Å²) in [6.07, 6.45) is 3.63. The Morgan fingerprint density at radius 3 is 2.83 bits per heavy atom. The average Bonchev–Trinajstić information content (AvgIpc) is 2.88. The first kappa shape index (κ1) is 16.2. The van der Waals surface area contributed by atoms with E-state index in [9.17, 15) is 4.79 Å². The maximum atomic E-state index is 11.7. The predicted octanol–water partition coefficient (Wildman–Crippen LogP) is 1.13. The van der Waals surface area contributed by atoms with Crippen LogP contribution in [-0.2, 0) is 4.74 Å². The van der Waals surface area contributed by atoms with Crippen molar-refractivity contribution in [3.05, 3.63) is 23.9 Å². The van der Waals surface area contributed by atoms with Gasteiger partial charge in [-0.3, -0.25) is 4.90 Å². The van der Waals surface area contributed by atoms with E-state index in [2.05, 4.69) is 20.1 Å². The van der Waals surface area contributed by atoms with Crippen LogP contribution in [0.25, 0.3) is 0 Å². The Kier molecular flexibility index (Phi) is 5.46. The number of pyridine rings is 1. The van der Waals surface area contributed by atoms with Gasteiger partial charge in [0.25, 0.3) is 0 Å². The summed E-state index contributed by atoms with van der Waals surface area (Å²) in [5.41, 5.74) is 0.379. The summed E-state index contributed by atoms with van der Waals surface area (Å²) in [6.45, 7) is 6.43. The summed E-state index contributed by atoms with van der Waals surface area (Å²) in [5, 5.41) is 3.44. The minimum Gasteiger partial charge on any atom is -0.464 e. The molecular formula is C17H26N4O2. The molecule has 3 rings (SSSR count). The van der Waals surface area contributed by atoms with Gasteiger partial charge in [0.15, 0.2) is 5.69 Å². The van der Waals surface area contributed by atoms with Gasteiger partial charge in [-0.15, -0.1) is 0 Å². The maximum absolute atomic E-state index is 11.7. The number of esters is 1. The molecule has 0 aromatic carbocycles. The zero-order valence-electron chi connectivity index (χ0n) is 13.8. The van der Waals surface area contributed by atoms with Crippen molar-refractivity contribution in [2.45, 2.75) is 25.3 Å². The molecular weight excluding hydrogens is 292 g/mol. The quantitative estimate of drug-likeness (QED) is 0.843. The van der Waals surface area contributed by atoms with Gasteiger partial charge in [-0.1, -0.05) is 6.07 Å². The van der Waals surface area contributed by atoms with Crippen molar-refractivity contribution in [1.29, 1.82) is 0 Å². The van der Waals surface area contributed by atoms with Crippen LogP contribution >= 0.6 is 0 Å². The number of carbonyl (C=O) groups is 1. The Morgan fingerprint density at radius 1 is 1.22 bits per heavy atom. The molecule has 1 aromatic rings. The summed E-state index contributed by atoms with van der Waals surface area (Å²) in [7, 11) is 1.39. The van der Waals surface area contributed by atoms with Crippen LogP contribution in [0.3, 0.4) is 0 Å². The SMILES string of the molecule is COC(=O)c1cccc(N2CCCN(C3CCNCC3)CC2)n1. The zero-order valence-corrected chi connectivity index (χ0v) is 13.8. The van der Waals surface area contributed by atoms with Crippen LogP contribution in [0.2, 0.25) is 0 Å². The highest BCUT2D eigenvalue weighted by Crippen LogP contribution is 2.18. The van der Waals surface area contributed by atoms with Gasteiger partial charge in [0, 0.05) is 32.2 Å². The van der Waals surface area contributed by atoms with Crippen LogP contribution in [0.15, 0.2) is 18.2 Å². The van der Waals surface area contributed by atoms with Gasteiger partial charge >= 0.3 is 5.97 Å². The van der Waals surface area contributed by atoms with E-state index in [4.69, 9.17) is 4.74 Å². The predicted molar refractivity (Wildman–Crippen MR) is 89.9 cm³/mol. The number of methoxy groups -OCH3 is 1. The molecule has 0 aliphatic carbocycles. The second-order valence-corrected chi connectivity index (χ2v) is 6.23. The van der Waals surface area contributed by atoms with Crippen LogP contribution in [0.4, 0.5) is 5.82 Å². The van der Waals surface area contributed by atoms with Gasteiger partial charge in [-0.2, -0.15) is 0 Å². The molecule has 0 amide bonds. The van der Waals surface area contributed by atoms with Gasteiger partial charge in [0.2, 0.25) is 0 Å². The molecule has 2 aliphatic rings. The summed E-state index contributed by atoms with van der Waals surface area (Å²) in [4.78, 5) is 21.0. The number of hydrogen-bond acceptors (Lipinski definition) is 6. The number of aromatic nitrogens is 1. The first-order chi connectivity index (χ1) is 11.3. The first-order valence-electron chi connectivity index (χ1n) is 8.53. The molecule has 23 heavy (non-hydrogen) atoms. The molecule has 0 spiro atoms. The molecule has 2 aliphatic heterocycles. The zero-order chi connectivity index (χ0) is 16.1. The maximum Gasteiger partial charge on any atom is 0.356 e. The molecule has 2 saturated heterocycles. The average molecular weight is 318 g/mol. The van der Waals surface area contributed by atoms with Crippen molar-refractivity contribution in [1.82, 2.24) is 15.2 Å². The smallest absolute Gasteiger partial charge is 0.356 e. The van der Waals surface area contributed by atoms with Crippen molar-refractivity contribution in [2.24, 2.45) is 0 Å². The third kappa shape index (κ3) is 4.00. The number of nitrogens with one attached hydrogen (secondary N) is 1. The molecule has 6 nitrogen and oxygen atoms in total. The largest absolute Gasteiger partial charge is 0.464 e. The van der Waals surface area contributed by atoms with Gasteiger partial charge in [0.1, 0.15) is 5.82 Å².